The molecule has 3 rings (SSSR count). The normalized spacial score (nSPS) is 11.7. The average Bonchev–Trinajstić information content (AvgIpc) is 2.78. The van der Waals surface area contributed by atoms with Gasteiger partial charge in [-0.2, -0.15) is 0 Å². The minimum Gasteiger partial charge on any atom is -0.497 e. The molecule has 0 aromatic heterocycles. The fourth-order valence-electron chi connectivity index (χ4n) is 3.47. The zero-order valence-electron chi connectivity index (χ0n) is 17.9. The summed E-state index contributed by atoms with van der Waals surface area (Å²) in [6.45, 7) is 6.11. The topological polar surface area (TPSA) is 21.7 Å². The van der Waals surface area contributed by atoms with E-state index in [2.05, 4.69) is 67.3 Å². The molecule has 0 bridgehead atoms. The molecular formula is C26H31NO2. The maximum atomic E-state index is 5.41. The molecule has 1 atom stereocenters. The van der Waals surface area contributed by atoms with E-state index >= 15 is 0 Å². The molecule has 0 aliphatic carbocycles. The van der Waals surface area contributed by atoms with E-state index < -0.39 is 0 Å². The summed E-state index contributed by atoms with van der Waals surface area (Å²) in [5.41, 5.74) is 5.04. The Hall–Kier alpha value is -2.94. The van der Waals surface area contributed by atoms with Gasteiger partial charge >= 0.3 is 0 Å². The summed E-state index contributed by atoms with van der Waals surface area (Å²) in [6, 6.07) is 25.5. The molecule has 152 valence electrons. The number of benzene rings is 3. The largest absolute Gasteiger partial charge is 0.497 e. The highest BCUT2D eigenvalue weighted by Gasteiger charge is 2.11. The van der Waals surface area contributed by atoms with Crippen LogP contribution in [0.1, 0.15) is 42.9 Å². The first-order valence-electron chi connectivity index (χ1n) is 10.2. The molecule has 0 saturated carbocycles. The zero-order chi connectivity index (χ0) is 20.6. The van der Waals surface area contributed by atoms with Crippen LogP contribution in [-0.4, -0.2) is 14.2 Å². The van der Waals surface area contributed by atoms with Crippen LogP contribution >= 0.6 is 0 Å². The van der Waals surface area contributed by atoms with Crippen molar-refractivity contribution in [3.63, 3.8) is 0 Å². The number of anilines is 1. The molecule has 0 heterocycles. The third-order valence-corrected chi connectivity index (χ3v) is 5.45. The van der Waals surface area contributed by atoms with Crippen LogP contribution in [0.15, 0.2) is 72.8 Å². The standard InChI is InChI=1S/C26H31NO2/c1-5-20(2)23-12-14-24(15-13-23)27(18-21-8-6-10-25(16-21)28-3)19-22-9-7-11-26(17-22)29-4/h6-17,20H,5,18-19H2,1-4H3. The SMILES string of the molecule is CCC(C)c1ccc(N(Cc2cccc(OC)c2)Cc2cccc(OC)c2)cc1. The summed E-state index contributed by atoms with van der Waals surface area (Å²) < 4.78 is 10.8. The minimum absolute atomic E-state index is 0.578. The summed E-state index contributed by atoms with van der Waals surface area (Å²) in [5.74, 6) is 2.35. The van der Waals surface area contributed by atoms with Crippen LogP contribution in [0.5, 0.6) is 11.5 Å². The first-order valence-corrected chi connectivity index (χ1v) is 10.2. The van der Waals surface area contributed by atoms with Gasteiger partial charge in [0.05, 0.1) is 14.2 Å². The molecule has 1 unspecified atom stereocenters. The lowest BCUT2D eigenvalue weighted by atomic mass is 9.98. The maximum absolute atomic E-state index is 5.41. The number of nitrogens with zero attached hydrogens (tertiary/aromatic N) is 1. The number of hydrogen-bond donors (Lipinski definition) is 0. The lowest BCUT2D eigenvalue weighted by Gasteiger charge is -2.26. The smallest absolute Gasteiger partial charge is 0.119 e. The molecule has 0 aliphatic heterocycles. The van der Waals surface area contributed by atoms with E-state index in [1.807, 2.05) is 24.3 Å². The van der Waals surface area contributed by atoms with Gasteiger partial charge in [0.1, 0.15) is 11.5 Å². The molecule has 0 amide bonds. The number of hydrogen-bond acceptors (Lipinski definition) is 3. The Kier molecular flexibility index (Phi) is 7.18. The fraction of sp³-hybridized carbons (Fsp3) is 0.308. The van der Waals surface area contributed by atoms with Crippen molar-refractivity contribution in [3.05, 3.63) is 89.5 Å². The van der Waals surface area contributed by atoms with Crippen LogP contribution in [0.2, 0.25) is 0 Å². The van der Waals surface area contributed by atoms with Crippen LogP contribution < -0.4 is 14.4 Å². The Bertz CT molecular complexity index is 855. The van der Waals surface area contributed by atoms with Crippen molar-refractivity contribution in [2.24, 2.45) is 0 Å². The summed E-state index contributed by atoms with van der Waals surface area (Å²) >= 11 is 0. The highest BCUT2D eigenvalue weighted by atomic mass is 16.5. The Balaban J connectivity index is 1.89. The quantitative estimate of drug-likeness (QED) is 0.421. The van der Waals surface area contributed by atoms with Crippen LogP contribution in [0.4, 0.5) is 5.69 Å². The fourth-order valence-corrected chi connectivity index (χ4v) is 3.47. The van der Waals surface area contributed by atoms with Crippen LogP contribution in [-0.2, 0) is 13.1 Å². The number of ether oxygens (including phenoxy) is 2. The van der Waals surface area contributed by atoms with E-state index in [9.17, 15) is 0 Å². The molecular weight excluding hydrogens is 358 g/mol. The van der Waals surface area contributed by atoms with Crippen LogP contribution in [0, 0.1) is 0 Å². The van der Waals surface area contributed by atoms with Crippen LogP contribution in [0.3, 0.4) is 0 Å². The maximum Gasteiger partial charge on any atom is 0.119 e. The molecule has 3 aromatic carbocycles. The second-order valence-corrected chi connectivity index (χ2v) is 7.46. The van der Waals surface area contributed by atoms with Crippen molar-refractivity contribution in [3.8, 4) is 11.5 Å². The first kappa shape index (κ1) is 20.8. The summed E-state index contributed by atoms with van der Waals surface area (Å²) in [7, 11) is 3.42. The van der Waals surface area contributed by atoms with E-state index in [4.69, 9.17) is 9.47 Å². The summed E-state index contributed by atoms with van der Waals surface area (Å²) in [5, 5.41) is 0. The monoisotopic (exact) mass is 389 g/mol. The van der Waals surface area contributed by atoms with Crippen molar-refractivity contribution >= 4 is 5.69 Å². The van der Waals surface area contributed by atoms with Crippen molar-refractivity contribution in [1.82, 2.24) is 0 Å². The molecule has 0 N–H and O–H groups in total. The van der Waals surface area contributed by atoms with E-state index in [-0.39, 0.29) is 0 Å². The highest BCUT2D eigenvalue weighted by molar-refractivity contribution is 5.50. The molecule has 0 spiro atoms. The zero-order valence-corrected chi connectivity index (χ0v) is 17.9. The van der Waals surface area contributed by atoms with E-state index in [1.165, 1.54) is 22.4 Å². The minimum atomic E-state index is 0.578. The van der Waals surface area contributed by atoms with Gasteiger partial charge in [-0.15, -0.1) is 0 Å². The molecule has 0 saturated heterocycles. The predicted octanol–water partition coefficient (Wildman–Crippen LogP) is 6.42. The number of methoxy groups -OCH3 is 2. The summed E-state index contributed by atoms with van der Waals surface area (Å²) in [4.78, 5) is 2.39. The lowest BCUT2D eigenvalue weighted by Crippen LogP contribution is -2.22. The highest BCUT2D eigenvalue weighted by Crippen LogP contribution is 2.26. The first-order chi connectivity index (χ1) is 14.1. The third-order valence-electron chi connectivity index (χ3n) is 5.45. The average molecular weight is 390 g/mol. The van der Waals surface area contributed by atoms with Gasteiger partial charge in [0.2, 0.25) is 0 Å². The molecule has 0 aliphatic rings. The Labute approximate surface area is 174 Å². The van der Waals surface area contributed by atoms with Gasteiger partial charge in [-0.3, -0.25) is 0 Å². The molecule has 3 aromatic rings. The molecule has 3 heteroatoms. The van der Waals surface area contributed by atoms with Gasteiger partial charge in [0.25, 0.3) is 0 Å². The number of rotatable bonds is 9. The van der Waals surface area contributed by atoms with E-state index in [1.54, 1.807) is 14.2 Å². The second-order valence-electron chi connectivity index (χ2n) is 7.46. The van der Waals surface area contributed by atoms with Gasteiger partial charge in [0, 0.05) is 18.8 Å². The van der Waals surface area contributed by atoms with E-state index in [0.29, 0.717) is 5.92 Å². The lowest BCUT2D eigenvalue weighted by molar-refractivity contribution is 0.414. The molecule has 3 nitrogen and oxygen atoms in total. The third kappa shape index (κ3) is 5.54. The Morgan fingerprint density at radius 3 is 1.72 bits per heavy atom. The van der Waals surface area contributed by atoms with Crippen molar-refractivity contribution in [1.29, 1.82) is 0 Å². The molecule has 0 fully saturated rings. The van der Waals surface area contributed by atoms with Gasteiger partial charge in [0.15, 0.2) is 0 Å². The van der Waals surface area contributed by atoms with E-state index in [0.717, 1.165) is 31.0 Å². The van der Waals surface area contributed by atoms with Gasteiger partial charge < -0.3 is 14.4 Å². The van der Waals surface area contributed by atoms with Gasteiger partial charge in [-0.25, -0.2) is 0 Å². The van der Waals surface area contributed by atoms with Gasteiger partial charge in [-0.05, 0) is 65.4 Å². The Morgan fingerprint density at radius 1 is 0.759 bits per heavy atom. The molecule has 29 heavy (non-hydrogen) atoms. The van der Waals surface area contributed by atoms with Crippen molar-refractivity contribution < 1.29 is 9.47 Å². The Morgan fingerprint density at radius 2 is 1.28 bits per heavy atom. The van der Waals surface area contributed by atoms with Gasteiger partial charge in [-0.1, -0.05) is 50.2 Å². The summed E-state index contributed by atoms with van der Waals surface area (Å²) in [6.07, 6.45) is 1.15. The van der Waals surface area contributed by atoms with Crippen molar-refractivity contribution in [2.45, 2.75) is 39.3 Å². The predicted molar refractivity (Wildman–Crippen MR) is 121 cm³/mol. The molecule has 0 radical (unpaired) electrons. The van der Waals surface area contributed by atoms with Crippen molar-refractivity contribution in [2.75, 3.05) is 19.1 Å². The van der Waals surface area contributed by atoms with Crippen LogP contribution in [0.25, 0.3) is 0 Å². The second kappa shape index (κ2) is 10.0.